The number of carbonyl (C=O) groups is 1. The van der Waals surface area contributed by atoms with Gasteiger partial charge in [-0.3, -0.25) is 4.79 Å². The van der Waals surface area contributed by atoms with Crippen molar-refractivity contribution in [1.29, 1.82) is 0 Å². The first-order valence-corrected chi connectivity index (χ1v) is 8.99. The highest BCUT2D eigenvalue weighted by Crippen LogP contribution is 2.32. The Morgan fingerprint density at radius 2 is 1.81 bits per heavy atom. The largest absolute Gasteiger partial charge is 0.496 e. The summed E-state index contributed by atoms with van der Waals surface area (Å²) in [4.78, 5) is 12.3. The number of nitrogens with one attached hydrogen (secondary N) is 1. The molecule has 0 radical (unpaired) electrons. The van der Waals surface area contributed by atoms with E-state index in [2.05, 4.69) is 25.2 Å². The summed E-state index contributed by atoms with van der Waals surface area (Å²) in [5.41, 5.74) is 4.44. The second-order valence-electron chi connectivity index (χ2n) is 7.00. The van der Waals surface area contributed by atoms with Crippen LogP contribution in [0.25, 0.3) is 0 Å². The summed E-state index contributed by atoms with van der Waals surface area (Å²) in [6.45, 7) is 10.3. The van der Waals surface area contributed by atoms with Crippen LogP contribution in [0.2, 0.25) is 0 Å². The SMILES string of the molecule is COc1cc(C)c([C@H](C)NC(=O)COc2cccc(C)c2)cc1C(C)C. The molecule has 0 fully saturated rings. The first kappa shape index (κ1) is 19.8. The van der Waals surface area contributed by atoms with Crippen molar-refractivity contribution < 1.29 is 14.3 Å². The molecular weight excluding hydrogens is 326 g/mol. The van der Waals surface area contributed by atoms with Crippen molar-refractivity contribution in [1.82, 2.24) is 5.32 Å². The summed E-state index contributed by atoms with van der Waals surface area (Å²) in [6, 6.07) is 11.7. The molecule has 1 atom stereocenters. The van der Waals surface area contributed by atoms with Crippen molar-refractivity contribution in [2.45, 2.75) is 46.6 Å². The summed E-state index contributed by atoms with van der Waals surface area (Å²) < 4.78 is 11.1. The van der Waals surface area contributed by atoms with Gasteiger partial charge in [0.25, 0.3) is 5.91 Å². The molecule has 0 heterocycles. The maximum absolute atomic E-state index is 12.3. The quantitative estimate of drug-likeness (QED) is 0.784. The second-order valence-corrected chi connectivity index (χ2v) is 7.00. The second kappa shape index (κ2) is 8.75. The number of carbonyl (C=O) groups excluding carboxylic acids is 1. The minimum atomic E-state index is -0.139. The smallest absolute Gasteiger partial charge is 0.258 e. The number of hydrogen-bond acceptors (Lipinski definition) is 3. The van der Waals surface area contributed by atoms with Gasteiger partial charge in [-0.2, -0.15) is 0 Å². The molecule has 2 aromatic rings. The molecule has 2 rings (SSSR count). The highest BCUT2D eigenvalue weighted by atomic mass is 16.5. The number of rotatable bonds is 7. The summed E-state index contributed by atoms with van der Waals surface area (Å²) >= 11 is 0. The zero-order chi connectivity index (χ0) is 19.3. The Morgan fingerprint density at radius 1 is 1.08 bits per heavy atom. The summed E-state index contributed by atoms with van der Waals surface area (Å²) in [5, 5.41) is 3.02. The Hall–Kier alpha value is -2.49. The molecule has 2 aromatic carbocycles. The van der Waals surface area contributed by atoms with E-state index in [-0.39, 0.29) is 18.6 Å². The van der Waals surface area contributed by atoms with E-state index < -0.39 is 0 Å². The Morgan fingerprint density at radius 3 is 2.42 bits per heavy atom. The average Bonchev–Trinajstić information content (AvgIpc) is 2.59. The van der Waals surface area contributed by atoms with Crippen LogP contribution < -0.4 is 14.8 Å². The molecule has 0 aliphatic rings. The van der Waals surface area contributed by atoms with E-state index in [9.17, 15) is 4.79 Å². The number of amides is 1. The molecule has 1 N–H and O–H groups in total. The summed E-state index contributed by atoms with van der Waals surface area (Å²) in [6.07, 6.45) is 0. The number of benzene rings is 2. The Bertz CT molecular complexity index is 768. The van der Waals surface area contributed by atoms with E-state index in [1.54, 1.807) is 7.11 Å². The molecule has 0 aliphatic heterocycles. The van der Waals surface area contributed by atoms with Crippen LogP contribution >= 0.6 is 0 Å². The molecule has 0 unspecified atom stereocenters. The highest BCUT2D eigenvalue weighted by Gasteiger charge is 2.17. The molecule has 140 valence electrons. The van der Waals surface area contributed by atoms with Crippen molar-refractivity contribution in [3.63, 3.8) is 0 Å². The third-order valence-corrected chi connectivity index (χ3v) is 4.44. The van der Waals surface area contributed by atoms with Gasteiger partial charge in [-0.1, -0.05) is 26.0 Å². The molecule has 0 aromatic heterocycles. The number of methoxy groups -OCH3 is 1. The molecule has 0 saturated heterocycles. The zero-order valence-corrected chi connectivity index (χ0v) is 16.6. The predicted octanol–water partition coefficient (Wildman–Crippen LogP) is 4.69. The molecule has 0 bridgehead atoms. The number of aryl methyl sites for hydroxylation is 2. The predicted molar refractivity (Wildman–Crippen MR) is 105 cm³/mol. The minimum Gasteiger partial charge on any atom is -0.496 e. The molecule has 4 nitrogen and oxygen atoms in total. The zero-order valence-electron chi connectivity index (χ0n) is 16.6. The van der Waals surface area contributed by atoms with E-state index in [1.807, 2.05) is 51.1 Å². The van der Waals surface area contributed by atoms with Gasteiger partial charge in [0.2, 0.25) is 0 Å². The molecule has 4 heteroatoms. The normalized spacial score (nSPS) is 12.0. The first-order valence-electron chi connectivity index (χ1n) is 8.99. The fourth-order valence-corrected chi connectivity index (χ4v) is 3.03. The van der Waals surface area contributed by atoms with Crippen molar-refractivity contribution in [2.24, 2.45) is 0 Å². The van der Waals surface area contributed by atoms with E-state index in [0.717, 1.165) is 28.0 Å². The van der Waals surface area contributed by atoms with Gasteiger partial charge in [0, 0.05) is 0 Å². The van der Waals surface area contributed by atoms with Crippen LogP contribution in [0.15, 0.2) is 36.4 Å². The highest BCUT2D eigenvalue weighted by molar-refractivity contribution is 5.78. The topological polar surface area (TPSA) is 47.6 Å². The summed E-state index contributed by atoms with van der Waals surface area (Å²) in [7, 11) is 1.69. The molecule has 0 saturated carbocycles. The molecular formula is C22H29NO3. The van der Waals surface area contributed by atoms with Gasteiger partial charge >= 0.3 is 0 Å². The van der Waals surface area contributed by atoms with Crippen molar-refractivity contribution >= 4 is 5.91 Å². The van der Waals surface area contributed by atoms with Gasteiger partial charge in [0.15, 0.2) is 6.61 Å². The first-order chi connectivity index (χ1) is 12.3. The van der Waals surface area contributed by atoms with Gasteiger partial charge in [-0.05, 0) is 73.2 Å². The van der Waals surface area contributed by atoms with Crippen LogP contribution in [0.5, 0.6) is 11.5 Å². The van der Waals surface area contributed by atoms with Crippen LogP contribution in [0, 0.1) is 13.8 Å². The fraction of sp³-hybridized carbons (Fsp3) is 0.409. The van der Waals surface area contributed by atoms with E-state index in [1.165, 1.54) is 0 Å². The van der Waals surface area contributed by atoms with Crippen LogP contribution in [0.1, 0.15) is 55.0 Å². The lowest BCUT2D eigenvalue weighted by Gasteiger charge is -2.21. The van der Waals surface area contributed by atoms with E-state index >= 15 is 0 Å². The van der Waals surface area contributed by atoms with E-state index in [0.29, 0.717) is 11.7 Å². The maximum Gasteiger partial charge on any atom is 0.258 e. The molecule has 0 spiro atoms. The average molecular weight is 355 g/mol. The van der Waals surface area contributed by atoms with Crippen LogP contribution in [-0.2, 0) is 4.79 Å². The third kappa shape index (κ3) is 5.01. The molecule has 26 heavy (non-hydrogen) atoms. The van der Waals surface area contributed by atoms with Crippen molar-refractivity contribution in [3.05, 3.63) is 58.7 Å². The van der Waals surface area contributed by atoms with Gasteiger partial charge in [0.1, 0.15) is 11.5 Å². The maximum atomic E-state index is 12.3. The monoisotopic (exact) mass is 355 g/mol. The van der Waals surface area contributed by atoms with Gasteiger partial charge in [-0.25, -0.2) is 0 Å². The molecule has 0 aliphatic carbocycles. The lowest BCUT2D eigenvalue weighted by atomic mass is 9.93. The molecule has 1 amide bonds. The lowest BCUT2D eigenvalue weighted by molar-refractivity contribution is -0.123. The summed E-state index contributed by atoms with van der Waals surface area (Å²) in [5.74, 6) is 1.80. The number of ether oxygens (including phenoxy) is 2. The van der Waals surface area contributed by atoms with Gasteiger partial charge in [0.05, 0.1) is 13.2 Å². The van der Waals surface area contributed by atoms with Crippen LogP contribution in [0.3, 0.4) is 0 Å². The van der Waals surface area contributed by atoms with Gasteiger partial charge < -0.3 is 14.8 Å². The fourth-order valence-electron chi connectivity index (χ4n) is 3.03. The van der Waals surface area contributed by atoms with Crippen molar-refractivity contribution in [2.75, 3.05) is 13.7 Å². The Balaban J connectivity index is 2.05. The third-order valence-electron chi connectivity index (χ3n) is 4.44. The number of hydrogen-bond donors (Lipinski definition) is 1. The van der Waals surface area contributed by atoms with Crippen LogP contribution in [-0.4, -0.2) is 19.6 Å². The minimum absolute atomic E-state index is 0.0000331. The van der Waals surface area contributed by atoms with Crippen molar-refractivity contribution in [3.8, 4) is 11.5 Å². The Labute approximate surface area is 156 Å². The lowest BCUT2D eigenvalue weighted by Crippen LogP contribution is -2.31. The standard InChI is InChI=1S/C22H29NO3/c1-14(2)19-12-20(16(4)11-21(19)25-6)17(5)23-22(24)13-26-18-9-7-8-15(3)10-18/h7-12,14,17H,13H2,1-6H3,(H,23,24)/t17-/m0/s1. The van der Waals surface area contributed by atoms with E-state index in [4.69, 9.17) is 9.47 Å². The van der Waals surface area contributed by atoms with Crippen LogP contribution in [0.4, 0.5) is 0 Å². The van der Waals surface area contributed by atoms with Gasteiger partial charge in [-0.15, -0.1) is 0 Å². The Kier molecular flexibility index (Phi) is 6.67.